The van der Waals surface area contributed by atoms with E-state index in [-0.39, 0.29) is 17.4 Å². The number of carbonyl (C=O) groups excluding carboxylic acids is 1. The summed E-state index contributed by atoms with van der Waals surface area (Å²) in [7, 11) is 0. The zero-order chi connectivity index (χ0) is 22.3. The number of aromatic nitrogens is 1. The van der Waals surface area contributed by atoms with Crippen LogP contribution in [0.25, 0.3) is 0 Å². The normalized spacial score (nSPS) is 21.4. The Morgan fingerprint density at radius 3 is 2.62 bits per heavy atom. The van der Waals surface area contributed by atoms with Gasteiger partial charge in [0.1, 0.15) is 0 Å². The molecule has 0 radical (unpaired) electrons. The molecule has 0 spiro atoms. The number of fused-ring (bicyclic) bond motifs is 3. The molecule has 3 unspecified atom stereocenters. The molecule has 0 fully saturated rings. The molecule has 2 heterocycles. The standard InChI is InChI=1S/C28H29N3O/c1-28(2,3)20-11-9-18(10-12-20)27(32)30-21-13-14-25-24(16-21)22-7-4-8-23(22)26(31-25)19-6-5-15-29-17-19/h4-7,9-17,22-23,26,31H,8H2,1-3H3,(H,30,32). The topological polar surface area (TPSA) is 54.0 Å². The molecule has 1 amide bonds. The highest BCUT2D eigenvalue weighted by atomic mass is 16.1. The Morgan fingerprint density at radius 2 is 1.91 bits per heavy atom. The third-order valence-corrected chi connectivity index (χ3v) is 6.68. The summed E-state index contributed by atoms with van der Waals surface area (Å²) < 4.78 is 0. The van der Waals surface area contributed by atoms with E-state index in [0.717, 1.165) is 17.8 Å². The predicted molar refractivity (Wildman–Crippen MR) is 130 cm³/mol. The lowest BCUT2D eigenvalue weighted by molar-refractivity contribution is 0.102. The maximum Gasteiger partial charge on any atom is 0.255 e. The largest absolute Gasteiger partial charge is 0.378 e. The molecule has 32 heavy (non-hydrogen) atoms. The molecule has 3 atom stereocenters. The lowest BCUT2D eigenvalue weighted by atomic mass is 9.77. The fourth-order valence-corrected chi connectivity index (χ4v) is 4.89. The first kappa shape index (κ1) is 20.5. The number of nitrogens with zero attached hydrogens (tertiary/aromatic N) is 1. The van der Waals surface area contributed by atoms with Crippen LogP contribution in [0.2, 0.25) is 0 Å². The molecule has 0 saturated heterocycles. The van der Waals surface area contributed by atoms with Crippen LogP contribution in [0.15, 0.2) is 79.1 Å². The van der Waals surface area contributed by atoms with Crippen LogP contribution < -0.4 is 10.6 Å². The van der Waals surface area contributed by atoms with E-state index >= 15 is 0 Å². The predicted octanol–water partition coefficient (Wildman–Crippen LogP) is 6.46. The maximum atomic E-state index is 12.9. The highest BCUT2D eigenvalue weighted by molar-refractivity contribution is 6.04. The molecule has 4 heteroatoms. The van der Waals surface area contributed by atoms with Crippen LogP contribution in [0.4, 0.5) is 11.4 Å². The van der Waals surface area contributed by atoms with Gasteiger partial charge in [-0.1, -0.05) is 51.1 Å². The Labute approximate surface area is 189 Å². The molecule has 1 aliphatic carbocycles. The first-order valence-electron chi connectivity index (χ1n) is 11.3. The zero-order valence-corrected chi connectivity index (χ0v) is 18.8. The van der Waals surface area contributed by atoms with Gasteiger partial charge in [-0.05, 0) is 70.8 Å². The SMILES string of the molecule is CC(C)(C)c1ccc(C(=O)Nc2ccc3c(c2)C2C=CCC2C(c2cccnc2)N3)cc1. The van der Waals surface area contributed by atoms with Crippen molar-refractivity contribution in [3.8, 4) is 0 Å². The minimum atomic E-state index is -0.0825. The number of amides is 1. The number of rotatable bonds is 3. The third-order valence-electron chi connectivity index (χ3n) is 6.68. The summed E-state index contributed by atoms with van der Waals surface area (Å²) in [5.74, 6) is 0.697. The van der Waals surface area contributed by atoms with Crippen molar-refractivity contribution >= 4 is 17.3 Å². The van der Waals surface area contributed by atoms with Crippen LogP contribution in [0.1, 0.15) is 66.2 Å². The Kier molecular flexibility index (Phi) is 5.09. The molecule has 2 aromatic carbocycles. The molecule has 0 saturated carbocycles. The van der Waals surface area contributed by atoms with E-state index < -0.39 is 0 Å². The Balaban J connectivity index is 1.38. The van der Waals surface area contributed by atoms with Crippen molar-refractivity contribution < 1.29 is 4.79 Å². The monoisotopic (exact) mass is 423 g/mol. The average Bonchev–Trinajstić information content (AvgIpc) is 3.29. The molecule has 5 rings (SSSR count). The number of hydrogen-bond acceptors (Lipinski definition) is 3. The van der Waals surface area contributed by atoms with Gasteiger partial charge in [0.15, 0.2) is 0 Å². The van der Waals surface area contributed by atoms with Gasteiger partial charge in [0.05, 0.1) is 6.04 Å². The number of pyridine rings is 1. The lowest BCUT2D eigenvalue weighted by Gasteiger charge is -2.37. The summed E-state index contributed by atoms with van der Waals surface area (Å²) in [4.78, 5) is 17.2. The minimum absolute atomic E-state index is 0.0690. The van der Waals surface area contributed by atoms with Gasteiger partial charge in [-0.25, -0.2) is 0 Å². The molecule has 3 aromatic rings. The first-order chi connectivity index (χ1) is 15.4. The molecule has 4 nitrogen and oxygen atoms in total. The molecule has 162 valence electrons. The van der Waals surface area contributed by atoms with Gasteiger partial charge in [-0.2, -0.15) is 0 Å². The Hall–Kier alpha value is -3.40. The molecule has 1 aromatic heterocycles. The number of benzene rings is 2. The van der Waals surface area contributed by atoms with Crippen molar-refractivity contribution in [3.63, 3.8) is 0 Å². The summed E-state index contributed by atoms with van der Waals surface area (Å²) >= 11 is 0. The van der Waals surface area contributed by atoms with Crippen molar-refractivity contribution in [2.45, 2.75) is 44.6 Å². The van der Waals surface area contributed by atoms with Crippen LogP contribution >= 0.6 is 0 Å². The Morgan fingerprint density at radius 1 is 1.09 bits per heavy atom. The first-order valence-corrected chi connectivity index (χ1v) is 11.3. The van der Waals surface area contributed by atoms with E-state index in [4.69, 9.17) is 0 Å². The van der Waals surface area contributed by atoms with Crippen LogP contribution in [0.3, 0.4) is 0 Å². The summed E-state index contributed by atoms with van der Waals surface area (Å²) in [5, 5.41) is 6.81. The van der Waals surface area contributed by atoms with Crippen LogP contribution in [0, 0.1) is 5.92 Å². The van der Waals surface area contributed by atoms with Crippen LogP contribution in [-0.4, -0.2) is 10.9 Å². The van der Waals surface area contributed by atoms with E-state index in [0.29, 0.717) is 17.4 Å². The van der Waals surface area contributed by atoms with Gasteiger partial charge in [0, 0.05) is 35.2 Å². The second-order valence-corrected chi connectivity index (χ2v) is 9.85. The van der Waals surface area contributed by atoms with Gasteiger partial charge in [-0.3, -0.25) is 9.78 Å². The van der Waals surface area contributed by atoms with E-state index in [1.807, 2.05) is 48.8 Å². The number of anilines is 2. The summed E-state index contributed by atoms with van der Waals surface area (Å²) in [6.45, 7) is 6.52. The van der Waals surface area contributed by atoms with Gasteiger partial charge >= 0.3 is 0 Å². The van der Waals surface area contributed by atoms with Crippen LogP contribution in [-0.2, 0) is 5.41 Å². The number of carbonyl (C=O) groups is 1. The van der Waals surface area contributed by atoms with E-state index in [9.17, 15) is 4.79 Å². The van der Waals surface area contributed by atoms with Crippen molar-refractivity contribution in [1.29, 1.82) is 0 Å². The second kappa shape index (κ2) is 7.94. The summed E-state index contributed by atoms with van der Waals surface area (Å²) in [5.41, 5.74) is 6.37. The molecule has 1 aliphatic heterocycles. The van der Waals surface area contributed by atoms with Gasteiger partial charge in [-0.15, -0.1) is 0 Å². The average molecular weight is 424 g/mol. The number of hydrogen-bond donors (Lipinski definition) is 2. The van der Waals surface area contributed by atoms with E-state index in [1.54, 1.807) is 0 Å². The fourth-order valence-electron chi connectivity index (χ4n) is 4.89. The second-order valence-electron chi connectivity index (χ2n) is 9.85. The van der Waals surface area contributed by atoms with Crippen molar-refractivity contribution in [1.82, 2.24) is 4.98 Å². The van der Waals surface area contributed by atoms with Crippen molar-refractivity contribution in [2.24, 2.45) is 5.92 Å². The molecule has 2 N–H and O–H groups in total. The lowest BCUT2D eigenvalue weighted by Crippen LogP contribution is -2.29. The minimum Gasteiger partial charge on any atom is -0.378 e. The van der Waals surface area contributed by atoms with Crippen molar-refractivity contribution in [3.05, 3.63) is 101 Å². The van der Waals surface area contributed by atoms with Gasteiger partial charge in [0.25, 0.3) is 5.91 Å². The number of allylic oxidation sites excluding steroid dienone is 2. The highest BCUT2D eigenvalue weighted by Crippen LogP contribution is 2.50. The van der Waals surface area contributed by atoms with E-state index in [1.165, 1.54) is 16.7 Å². The smallest absolute Gasteiger partial charge is 0.255 e. The third kappa shape index (κ3) is 3.81. The van der Waals surface area contributed by atoms with Crippen LogP contribution in [0.5, 0.6) is 0 Å². The van der Waals surface area contributed by atoms with Gasteiger partial charge in [0.2, 0.25) is 0 Å². The highest BCUT2D eigenvalue weighted by Gasteiger charge is 2.38. The van der Waals surface area contributed by atoms with E-state index in [2.05, 4.69) is 66.7 Å². The summed E-state index contributed by atoms with van der Waals surface area (Å²) in [6, 6.07) is 18.5. The maximum absolute atomic E-state index is 12.9. The fraction of sp³-hybridized carbons (Fsp3) is 0.286. The summed E-state index contributed by atoms with van der Waals surface area (Å²) in [6.07, 6.45) is 9.39. The van der Waals surface area contributed by atoms with Gasteiger partial charge < -0.3 is 10.6 Å². The molecular formula is C28H29N3O. The molecule has 0 bridgehead atoms. The number of nitrogens with one attached hydrogen (secondary N) is 2. The Bertz CT molecular complexity index is 1160. The molecular weight excluding hydrogens is 394 g/mol. The quantitative estimate of drug-likeness (QED) is 0.476. The van der Waals surface area contributed by atoms with Crippen molar-refractivity contribution in [2.75, 3.05) is 10.6 Å². The molecule has 2 aliphatic rings. The zero-order valence-electron chi connectivity index (χ0n) is 18.8.